The Morgan fingerprint density at radius 3 is 1.46 bits per heavy atom. The van der Waals surface area contributed by atoms with Gasteiger partial charge in [-0.1, -0.05) is 65.8 Å². The van der Waals surface area contributed by atoms with Gasteiger partial charge in [0.1, 0.15) is 0 Å². The molecule has 0 saturated carbocycles. The molecule has 24 heavy (non-hydrogen) atoms. The Kier molecular flexibility index (Phi) is 9.14. The van der Waals surface area contributed by atoms with Gasteiger partial charge >= 0.3 is 0 Å². The van der Waals surface area contributed by atoms with E-state index in [1.54, 1.807) is 12.1 Å². The van der Waals surface area contributed by atoms with E-state index in [4.69, 9.17) is 0 Å². The molecule has 2 nitrogen and oxygen atoms in total. The number of benzene rings is 1. The van der Waals surface area contributed by atoms with Crippen molar-refractivity contribution in [1.29, 1.82) is 0 Å². The Morgan fingerprint density at radius 1 is 0.750 bits per heavy atom. The summed E-state index contributed by atoms with van der Waals surface area (Å²) in [6.07, 6.45) is 0. The summed E-state index contributed by atoms with van der Waals surface area (Å²) in [5, 5.41) is 1.05. The van der Waals surface area contributed by atoms with Gasteiger partial charge in [0.15, 0.2) is 11.6 Å². The first kappa shape index (κ1) is 21.3. The van der Waals surface area contributed by atoms with E-state index in [0.29, 0.717) is 21.6 Å². The molecule has 0 fully saturated rings. The third kappa shape index (κ3) is 7.02. The molecule has 0 atom stereocenters. The van der Waals surface area contributed by atoms with Crippen molar-refractivity contribution in [3.63, 3.8) is 0 Å². The summed E-state index contributed by atoms with van der Waals surface area (Å²) in [6.45, 7) is 12.4. The Bertz CT molecular complexity index is 521. The maximum absolute atomic E-state index is 12.9. The molecule has 1 aromatic carbocycles. The van der Waals surface area contributed by atoms with Crippen LogP contribution in [-0.4, -0.2) is 33.6 Å². The van der Waals surface area contributed by atoms with Crippen molar-refractivity contribution in [3.05, 3.63) is 35.4 Å². The lowest BCUT2D eigenvalue weighted by Crippen LogP contribution is -2.22. The van der Waals surface area contributed by atoms with Gasteiger partial charge < -0.3 is 0 Å². The van der Waals surface area contributed by atoms with Gasteiger partial charge in [-0.25, -0.2) is 0 Å². The summed E-state index contributed by atoms with van der Waals surface area (Å²) in [6, 6.07) is 7.20. The highest BCUT2D eigenvalue weighted by Gasteiger charge is 2.22. The van der Waals surface area contributed by atoms with Crippen molar-refractivity contribution < 1.29 is 9.59 Å². The Balaban J connectivity index is 2.85. The molecule has 0 aliphatic rings. The molecular formula is C20H30O2S2. The fraction of sp³-hybridized carbons (Fsp3) is 0.600. The lowest BCUT2D eigenvalue weighted by Gasteiger charge is -2.18. The quantitative estimate of drug-likeness (QED) is 0.504. The van der Waals surface area contributed by atoms with Gasteiger partial charge in [0.05, 0.1) is 0 Å². The van der Waals surface area contributed by atoms with Crippen LogP contribution in [0, 0.1) is 11.8 Å². The van der Waals surface area contributed by atoms with Crippen molar-refractivity contribution in [2.45, 2.75) is 52.0 Å². The number of hydrogen-bond donors (Lipinski definition) is 0. The second-order valence-corrected chi connectivity index (χ2v) is 10.1. The first-order chi connectivity index (χ1) is 11.2. The van der Waals surface area contributed by atoms with Gasteiger partial charge in [-0.05, 0) is 10.5 Å². The Morgan fingerprint density at radius 2 is 1.12 bits per heavy atom. The molecule has 0 unspecified atom stereocenters. The molecule has 0 bridgehead atoms. The van der Waals surface area contributed by atoms with Crippen molar-refractivity contribution in [1.82, 2.24) is 0 Å². The number of thioether (sulfide) groups is 2. The first-order valence-electron chi connectivity index (χ1n) is 8.64. The third-order valence-electron chi connectivity index (χ3n) is 3.61. The van der Waals surface area contributed by atoms with Gasteiger partial charge in [-0.15, -0.1) is 0 Å². The smallest absolute Gasteiger partial charge is 0.167 e. The minimum atomic E-state index is -0.0239. The summed E-state index contributed by atoms with van der Waals surface area (Å²) in [5.41, 5.74) is 1.40. The lowest BCUT2D eigenvalue weighted by molar-refractivity contribution is 0.0930. The second kappa shape index (κ2) is 10.3. The largest absolute Gasteiger partial charge is 0.294 e. The Labute approximate surface area is 155 Å². The van der Waals surface area contributed by atoms with E-state index < -0.39 is 0 Å². The number of rotatable bonds is 10. The highest BCUT2D eigenvalue weighted by molar-refractivity contribution is 8.00. The van der Waals surface area contributed by atoms with Crippen LogP contribution in [0.5, 0.6) is 0 Å². The standard InChI is InChI=1S/C20H30O2S2/c1-13(2)19(21)16-7-9-17(10-8-16)20(22)18(11-23-14(3)4)12-24-15(5)6/h7-10,13-15,18H,11-12H2,1-6H3. The third-order valence-corrected chi connectivity index (χ3v) is 6.13. The topological polar surface area (TPSA) is 34.1 Å². The number of carbonyl (C=O) groups is 2. The first-order valence-corrected chi connectivity index (χ1v) is 10.7. The maximum atomic E-state index is 12.9. The molecule has 0 radical (unpaired) electrons. The second-order valence-electron chi connectivity index (χ2n) is 6.92. The summed E-state index contributed by atoms with van der Waals surface area (Å²) in [7, 11) is 0. The molecule has 1 aromatic rings. The Hall–Kier alpha value is -0.740. The molecule has 0 aliphatic carbocycles. The van der Waals surface area contributed by atoms with Crippen LogP contribution >= 0.6 is 23.5 Å². The molecule has 4 heteroatoms. The van der Waals surface area contributed by atoms with E-state index in [1.165, 1.54) is 0 Å². The molecule has 0 saturated heterocycles. The molecule has 1 rings (SSSR count). The molecule has 0 amide bonds. The number of hydrogen-bond acceptors (Lipinski definition) is 4. The highest BCUT2D eigenvalue weighted by Crippen LogP contribution is 2.24. The number of Topliss-reactive ketones (excluding diaryl/α,β-unsaturated/α-hetero) is 2. The van der Waals surface area contributed by atoms with Crippen molar-refractivity contribution in [3.8, 4) is 0 Å². The zero-order valence-electron chi connectivity index (χ0n) is 15.7. The van der Waals surface area contributed by atoms with Crippen molar-refractivity contribution in [2.24, 2.45) is 11.8 Å². The van der Waals surface area contributed by atoms with Gasteiger partial charge in [-0.2, -0.15) is 23.5 Å². The van der Waals surface area contributed by atoms with Crippen LogP contribution in [0.15, 0.2) is 24.3 Å². The summed E-state index contributed by atoms with van der Waals surface area (Å²) in [4.78, 5) is 24.9. The van der Waals surface area contributed by atoms with E-state index in [9.17, 15) is 9.59 Å². The van der Waals surface area contributed by atoms with Crippen LogP contribution in [0.25, 0.3) is 0 Å². The van der Waals surface area contributed by atoms with Gasteiger partial charge in [-0.3, -0.25) is 9.59 Å². The molecular weight excluding hydrogens is 336 g/mol. The molecule has 0 spiro atoms. The van der Waals surface area contributed by atoms with Crippen LogP contribution < -0.4 is 0 Å². The zero-order chi connectivity index (χ0) is 18.3. The van der Waals surface area contributed by atoms with Crippen LogP contribution in [0.2, 0.25) is 0 Å². The predicted octanol–water partition coefficient (Wildman–Crippen LogP) is 5.61. The highest BCUT2D eigenvalue weighted by atomic mass is 32.2. The average Bonchev–Trinajstić information content (AvgIpc) is 2.53. The van der Waals surface area contributed by atoms with Gasteiger partial charge in [0.2, 0.25) is 0 Å². The van der Waals surface area contributed by atoms with Crippen molar-refractivity contribution in [2.75, 3.05) is 11.5 Å². The van der Waals surface area contributed by atoms with Crippen LogP contribution in [-0.2, 0) is 0 Å². The van der Waals surface area contributed by atoms with E-state index in [2.05, 4.69) is 27.7 Å². The van der Waals surface area contributed by atoms with Crippen LogP contribution in [0.1, 0.15) is 62.3 Å². The van der Waals surface area contributed by atoms with Crippen molar-refractivity contribution >= 4 is 35.1 Å². The minimum Gasteiger partial charge on any atom is -0.294 e. The molecule has 0 heterocycles. The molecule has 0 N–H and O–H groups in total. The van der Waals surface area contributed by atoms with Gasteiger partial charge in [0.25, 0.3) is 0 Å². The number of carbonyl (C=O) groups excluding carboxylic acids is 2. The summed E-state index contributed by atoms with van der Waals surface area (Å²) >= 11 is 3.68. The normalized spacial score (nSPS) is 11.8. The van der Waals surface area contributed by atoms with E-state index >= 15 is 0 Å². The van der Waals surface area contributed by atoms with Crippen LogP contribution in [0.3, 0.4) is 0 Å². The monoisotopic (exact) mass is 366 g/mol. The summed E-state index contributed by atoms with van der Waals surface area (Å²) < 4.78 is 0. The molecule has 0 aromatic heterocycles. The van der Waals surface area contributed by atoms with E-state index in [-0.39, 0.29) is 23.4 Å². The minimum absolute atomic E-state index is 0.0239. The SMILES string of the molecule is CC(C)SCC(CSC(C)C)C(=O)c1ccc(C(=O)C(C)C)cc1. The maximum Gasteiger partial charge on any atom is 0.167 e. The summed E-state index contributed by atoms with van der Waals surface area (Å²) in [5.74, 6) is 2.02. The fourth-order valence-corrected chi connectivity index (χ4v) is 4.11. The van der Waals surface area contributed by atoms with Crippen LogP contribution in [0.4, 0.5) is 0 Å². The van der Waals surface area contributed by atoms with Gasteiger partial charge in [0, 0.05) is 34.5 Å². The lowest BCUT2D eigenvalue weighted by atomic mass is 9.96. The predicted molar refractivity (Wildman–Crippen MR) is 109 cm³/mol. The number of ketones is 2. The average molecular weight is 367 g/mol. The van der Waals surface area contributed by atoms with E-state index in [0.717, 1.165) is 11.5 Å². The molecule has 0 aliphatic heterocycles. The van der Waals surface area contributed by atoms with E-state index in [1.807, 2.05) is 49.5 Å². The fourth-order valence-electron chi connectivity index (χ4n) is 2.18. The zero-order valence-corrected chi connectivity index (χ0v) is 17.3. The molecule has 134 valence electrons.